The van der Waals surface area contributed by atoms with Gasteiger partial charge in [-0.1, -0.05) is 30.7 Å². The lowest BCUT2D eigenvalue weighted by atomic mass is 10.1. The van der Waals surface area contributed by atoms with E-state index in [1.807, 2.05) is 18.2 Å². The molecule has 0 atom stereocenters. The van der Waals surface area contributed by atoms with Crippen molar-refractivity contribution in [3.63, 3.8) is 0 Å². The molecule has 0 amide bonds. The number of hydrogen-bond acceptors (Lipinski definition) is 2. The van der Waals surface area contributed by atoms with Crippen molar-refractivity contribution in [1.82, 2.24) is 0 Å². The highest BCUT2D eigenvalue weighted by Crippen LogP contribution is 2.19. The first kappa shape index (κ1) is 12.1. The van der Waals surface area contributed by atoms with Crippen LogP contribution in [-0.2, 0) is 22.4 Å². The molecule has 0 heterocycles. The molecule has 82 valence electrons. The predicted octanol–water partition coefficient (Wildman–Crippen LogP) is 3.01. The van der Waals surface area contributed by atoms with Crippen LogP contribution in [0.1, 0.15) is 24.5 Å². The van der Waals surface area contributed by atoms with Crippen molar-refractivity contribution in [1.29, 1.82) is 0 Å². The van der Waals surface area contributed by atoms with Gasteiger partial charge in [0.15, 0.2) is 0 Å². The summed E-state index contributed by atoms with van der Waals surface area (Å²) in [5, 5.41) is 0.778. The van der Waals surface area contributed by atoms with Gasteiger partial charge in [0.05, 0.1) is 7.11 Å². The average Bonchev–Trinajstić information content (AvgIpc) is 2.26. The topological polar surface area (TPSA) is 26.3 Å². The molecule has 0 saturated heterocycles. The van der Waals surface area contributed by atoms with Crippen LogP contribution in [0.2, 0.25) is 5.02 Å². The Labute approximate surface area is 95.2 Å². The zero-order valence-corrected chi connectivity index (χ0v) is 9.80. The molecule has 1 aromatic carbocycles. The lowest BCUT2D eigenvalue weighted by Gasteiger charge is -2.04. The minimum Gasteiger partial charge on any atom is -0.469 e. The number of halogens is 1. The van der Waals surface area contributed by atoms with E-state index >= 15 is 0 Å². The van der Waals surface area contributed by atoms with Crippen LogP contribution in [0.3, 0.4) is 0 Å². The van der Waals surface area contributed by atoms with E-state index in [1.165, 1.54) is 7.11 Å². The number of rotatable bonds is 4. The molecule has 0 N–H and O–H groups in total. The molecule has 0 spiro atoms. The van der Waals surface area contributed by atoms with Gasteiger partial charge >= 0.3 is 5.97 Å². The van der Waals surface area contributed by atoms with Crippen molar-refractivity contribution in [2.45, 2.75) is 26.2 Å². The first-order chi connectivity index (χ1) is 7.17. The Morgan fingerprint density at radius 2 is 2.20 bits per heavy atom. The molecule has 0 aliphatic heterocycles. The molecule has 0 fully saturated rings. The van der Waals surface area contributed by atoms with E-state index in [0.29, 0.717) is 12.8 Å². The van der Waals surface area contributed by atoms with Crippen LogP contribution in [0.15, 0.2) is 18.2 Å². The van der Waals surface area contributed by atoms with Gasteiger partial charge in [0.2, 0.25) is 0 Å². The number of benzene rings is 1. The highest BCUT2D eigenvalue weighted by molar-refractivity contribution is 6.31. The summed E-state index contributed by atoms with van der Waals surface area (Å²) >= 11 is 6.06. The van der Waals surface area contributed by atoms with Crippen molar-refractivity contribution in [2.75, 3.05) is 7.11 Å². The van der Waals surface area contributed by atoms with Gasteiger partial charge in [-0.3, -0.25) is 4.79 Å². The maximum absolute atomic E-state index is 10.9. The molecule has 0 unspecified atom stereocenters. The largest absolute Gasteiger partial charge is 0.469 e. The first-order valence-corrected chi connectivity index (χ1v) is 5.39. The molecule has 1 aromatic rings. The second kappa shape index (κ2) is 5.76. The zero-order valence-electron chi connectivity index (χ0n) is 9.05. The normalized spacial score (nSPS) is 10.1. The van der Waals surface area contributed by atoms with Crippen molar-refractivity contribution >= 4 is 17.6 Å². The lowest BCUT2D eigenvalue weighted by Crippen LogP contribution is -2.02. The van der Waals surface area contributed by atoms with Crippen LogP contribution in [0.25, 0.3) is 0 Å². The van der Waals surface area contributed by atoms with Crippen molar-refractivity contribution in [2.24, 2.45) is 0 Å². The summed E-state index contributed by atoms with van der Waals surface area (Å²) in [5.74, 6) is -0.189. The summed E-state index contributed by atoms with van der Waals surface area (Å²) in [5.41, 5.74) is 2.21. The Balaban J connectivity index is 2.63. The number of hydrogen-bond donors (Lipinski definition) is 0. The Morgan fingerprint density at radius 1 is 1.47 bits per heavy atom. The van der Waals surface area contributed by atoms with Gasteiger partial charge in [-0.05, 0) is 30.0 Å². The molecule has 1 rings (SSSR count). The van der Waals surface area contributed by atoms with Crippen LogP contribution in [0.4, 0.5) is 0 Å². The molecule has 0 radical (unpaired) electrons. The molecule has 15 heavy (non-hydrogen) atoms. The number of ether oxygens (including phenoxy) is 1. The third-order valence-corrected chi connectivity index (χ3v) is 2.70. The van der Waals surface area contributed by atoms with E-state index in [4.69, 9.17) is 11.6 Å². The third-order valence-electron chi connectivity index (χ3n) is 2.34. The van der Waals surface area contributed by atoms with E-state index in [-0.39, 0.29) is 5.97 Å². The zero-order chi connectivity index (χ0) is 11.3. The molecule has 3 heteroatoms. The minimum absolute atomic E-state index is 0.189. The summed E-state index contributed by atoms with van der Waals surface area (Å²) < 4.78 is 4.58. The smallest absolute Gasteiger partial charge is 0.305 e. The molecule has 0 bridgehead atoms. The van der Waals surface area contributed by atoms with Crippen LogP contribution < -0.4 is 0 Å². The first-order valence-electron chi connectivity index (χ1n) is 5.01. The van der Waals surface area contributed by atoms with Gasteiger partial charge < -0.3 is 4.74 Å². The number of aryl methyl sites for hydroxylation is 2. The second-order valence-corrected chi connectivity index (χ2v) is 3.76. The maximum Gasteiger partial charge on any atom is 0.305 e. The fraction of sp³-hybridized carbons (Fsp3) is 0.417. The summed E-state index contributed by atoms with van der Waals surface area (Å²) in [6.45, 7) is 2.06. The molecule has 0 aromatic heterocycles. The van der Waals surface area contributed by atoms with E-state index in [2.05, 4.69) is 11.7 Å². The van der Waals surface area contributed by atoms with Gasteiger partial charge in [-0.15, -0.1) is 0 Å². The Hall–Kier alpha value is -1.02. The lowest BCUT2D eigenvalue weighted by molar-refractivity contribution is -0.140. The molecule has 0 aliphatic carbocycles. The molecular weight excluding hydrogens is 212 g/mol. The number of esters is 1. The number of carbonyl (C=O) groups excluding carboxylic acids is 1. The van der Waals surface area contributed by atoms with E-state index < -0.39 is 0 Å². The maximum atomic E-state index is 10.9. The quantitative estimate of drug-likeness (QED) is 0.738. The summed E-state index contributed by atoms with van der Waals surface area (Å²) in [6, 6.07) is 5.94. The Morgan fingerprint density at radius 3 is 2.73 bits per heavy atom. The van der Waals surface area contributed by atoms with Gasteiger partial charge in [0.1, 0.15) is 0 Å². The fourth-order valence-electron chi connectivity index (χ4n) is 1.38. The average molecular weight is 227 g/mol. The Bertz CT molecular complexity index is 347. The molecule has 0 saturated carbocycles. The molecule has 2 nitrogen and oxygen atoms in total. The van der Waals surface area contributed by atoms with Crippen LogP contribution in [-0.4, -0.2) is 13.1 Å². The van der Waals surface area contributed by atoms with Gasteiger partial charge in [0, 0.05) is 11.4 Å². The highest BCUT2D eigenvalue weighted by atomic mass is 35.5. The molecular formula is C12H15ClO2. The van der Waals surface area contributed by atoms with Crippen LogP contribution >= 0.6 is 11.6 Å². The minimum atomic E-state index is -0.189. The standard InChI is InChI=1S/C12H15ClO2/c1-3-10-6-4-9(8-11(10)13)5-7-12(14)15-2/h4,6,8H,3,5,7H2,1-2H3. The van der Waals surface area contributed by atoms with Crippen LogP contribution in [0, 0.1) is 0 Å². The van der Waals surface area contributed by atoms with Crippen molar-refractivity contribution in [3.8, 4) is 0 Å². The van der Waals surface area contributed by atoms with Crippen LogP contribution in [0.5, 0.6) is 0 Å². The molecule has 0 aliphatic rings. The summed E-state index contributed by atoms with van der Waals surface area (Å²) in [7, 11) is 1.40. The van der Waals surface area contributed by atoms with E-state index in [0.717, 1.165) is 22.6 Å². The highest BCUT2D eigenvalue weighted by Gasteiger charge is 2.03. The van der Waals surface area contributed by atoms with Crippen molar-refractivity contribution in [3.05, 3.63) is 34.3 Å². The number of methoxy groups -OCH3 is 1. The van der Waals surface area contributed by atoms with Crippen molar-refractivity contribution < 1.29 is 9.53 Å². The number of carbonyl (C=O) groups is 1. The van der Waals surface area contributed by atoms with E-state index in [9.17, 15) is 4.79 Å². The van der Waals surface area contributed by atoms with Gasteiger partial charge in [-0.2, -0.15) is 0 Å². The second-order valence-electron chi connectivity index (χ2n) is 3.36. The predicted molar refractivity (Wildman–Crippen MR) is 61.2 cm³/mol. The monoisotopic (exact) mass is 226 g/mol. The SMILES string of the molecule is CCc1ccc(CCC(=O)OC)cc1Cl. The summed E-state index contributed by atoms with van der Waals surface area (Å²) in [6.07, 6.45) is 2.00. The van der Waals surface area contributed by atoms with Gasteiger partial charge in [-0.25, -0.2) is 0 Å². The fourth-order valence-corrected chi connectivity index (χ4v) is 1.72. The summed E-state index contributed by atoms with van der Waals surface area (Å²) in [4.78, 5) is 10.9. The third kappa shape index (κ3) is 3.56. The Kier molecular flexibility index (Phi) is 4.63. The van der Waals surface area contributed by atoms with E-state index in [1.54, 1.807) is 0 Å². The van der Waals surface area contributed by atoms with Gasteiger partial charge in [0.25, 0.3) is 0 Å².